The van der Waals surface area contributed by atoms with Crippen LogP contribution < -0.4 is 15.8 Å². The smallest absolute Gasteiger partial charge is 0.282 e. The lowest BCUT2D eigenvalue weighted by molar-refractivity contribution is -0.117. The van der Waals surface area contributed by atoms with Crippen molar-refractivity contribution < 1.29 is 18.8 Å². The molecule has 0 radical (unpaired) electrons. The van der Waals surface area contributed by atoms with Gasteiger partial charge in [-0.3, -0.25) is 19.8 Å². The fourth-order valence-electron chi connectivity index (χ4n) is 2.36. The van der Waals surface area contributed by atoms with Crippen LogP contribution in [0.4, 0.5) is 15.8 Å². The minimum atomic E-state index is -0.541. The molecule has 2 aromatic carbocycles. The molecule has 3 rings (SSSR count). The van der Waals surface area contributed by atoms with Gasteiger partial charge in [-0.15, -0.1) is 0 Å². The molecule has 0 saturated carbocycles. The summed E-state index contributed by atoms with van der Waals surface area (Å²) in [7, 11) is 0. The summed E-state index contributed by atoms with van der Waals surface area (Å²) < 4.78 is 13.0. The number of rotatable bonds is 3. The fraction of sp³-hybridized carbons (Fsp3) is 0.0556. The molecule has 2 aromatic rings. The van der Waals surface area contributed by atoms with E-state index in [1.165, 1.54) is 37.3 Å². The second-order valence-electron chi connectivity index (χ2n) is 5.42. The van der Waals surface area contributed by atoms with Crippen molar-refractivity contribution in [1.29, 1.82) is 0 Å². The molecule has 0 atom stereocenters. The lowest BCUT2D eigenvalue weighted by Gasteiger charge is -2.14. The van der Waals surface area contributed by atoms with E-state index in [-0.39, 0.29) is 11.5 Å². The average Bonchev–Trinajstić information content (AvgIpc) is 2.85. The highest BCUT2D eigenvalue weighted by atomic mass is 19.1. The SMILES string of the molecule is CC(=O)Nc1ccc(/C=C2/C(=O)NN(c3ccc(F)cc3)C2=O)cc1. The third-order valence-corrected chi connectivity index (χ3v) is 3.52. The van der Waals surface area contributed by atoms with Crippen LogP contribution in [0, 0.1) is 5.82 Å². The zero-order valence-corrected chi connectivity index (χ0v) is 13.2. The predicted octanol–water partition coefficient (Wildman–Crippen LogP) is 2.25. The molecule has 1 saturated heterocycles. The quantitative estimate of drug-likeness (QED) is 0.665. The first kappa shape index (κ1) is 16.4. The van der Waals surface area contributed by atoms with Gasteiger partial charge in [-0.2, -0.15) is 0 Å². The van der Waals surface area contributed by atoms with Gasteiger partial charge in [0.05, 0.1) is 5.69 Å². The number of nitrogens with one attached hydrogen (secondary N) is 2. The molecule has 7 heteroatoms. The Labute approximate surface area is 142 Å². The van der Waals surface area contributed by atoms with Crippen molar-refractivity contribution in [3.8, 4) is 0 Å². The number of nitrogens with zero attached hydrogens (tertiary/aromatic N) is 1. The topological polar surface area (TPSA) is 78.5 Å². The number of hydrogen-bond acceptors (Lipinski definition) is 3. The normalized spacial score (nSPS) is 15.4. The molecule has 0 unspecified atom stereocenters. The van der Waals surface area contributed by atoms with Gasteiger partial charge in [0.15, 0.2) is 0 Å². The second kappa shape index (κ2) is 6.56. The molecule has 0 bridgehead atoms. The Morgan fingerprint density at radius 1 is 1.08 bits per heavy atom. The van der Waals surface area contributed by atoms with Gasteiger partial charge in [0.25, 0.3) is 11.8 Å². The van der Waals surface area contributed by atoms with E-state index in [0.29, 0.717) is 16.9 Å². The summed E-state index contributed by atoms with van der Waals surface area (Å²) >= 11 is 0. The van der Waals surface area contributed by atoms with Crippen molar-refractivity contribution in [1.82, 2.24) is 5.43 Å². The summed E-state index contributed by atoms with van der Waals surface area (Å²) in [5.41, 5.74) is 4.03. The van der Waals surface area contributed by atoms with E-state index in [1.807, 2.05) is 0 Å². The van der Waals surface area contributed by atoms with Crippen LogP contribution in [0.15, 0.2) is 54.1 Å². The second-order valence-corrected chi connectivity index (χ2v) is 5.42. The van der Waals surface area contributed by atoms with E-state index in [1.54, 1.807) is 24.3 Å². The Bertz CT molecular complexity index is 873. The first-order valence-corrected chi connectivity index (χ1v) is 7.44. The minimum Gasteiger partial charge on any atom is -0.326 e. The zero-order valence-electron chi connectivity index (χ0n) is 13.2. The summed E-state index contributed by atoms with van der Waals surface area (Å²) in [5, 5.41) is 3.70. The zero-order chi connectivity index (χ0) is 18.0. The summed E-state index contributed by atoms with van der Waals surface area (Å²) in [5.74, 6) is -1.69. The summed E-state index contributed by atoms with van der Waals surface area (Å²) in [6, 6.07) is 11.9. The van der Waals surface area contributed by atoms with Crippen molar-refractivity contribution in [2.75, 3.05) is 10.3 Å². The Hall–Kier alpha value is -3.48. The Kier molecular flexibility index (Phi) is 4.30. The van der Waals surface area contributed by atoms with Crippen LogP contribution in [0.25, 0.3) is 6.08 Å². The van der Waals surface area contributed by atoms with E-state index in [0.717, 1.165) is 5.01 Å². The maximum absolute atomic E-state index is 13.0. The monoisotopic (exact) mass is 339 g/mol. The molecule has 126 valence electrons. The molecule has 0 aromatic heterocycles. The number of halogens is 1. The molecule has 1 aliphatic rings. The fourth-order valence-corrected chi connectivity index (χ4v) is 2.36. The van der Waals surface area contributed by atoms with Gasteiger partial charge in [-0.1, -0.05) is 12.1 Å². The third kappa shape index (κ3) is 3.55. The first-order valence-electron chi connectivity index (χ1n) is 7.44. The largest absolute Gasteiger partial charge is 0.326 e. The number of hydrazine groups is 1. The van der Waals surface area contributed by atoms with Crippen LogP contribution in [0.5, 0.6) is 0 Å². The van der Waals surface area contributed by atoms with Crippen molar-refractivity contribution in [3.05, 3.63) is 65.5 Å². The Morgan fingerprint density at radius 3 is 2.32 bits per heavy atom. The average molecular weight is 339 g/mol. The molecule has 0 aliphatic carbocycles. The maximum atomic E-state index is 13.0. The van der Waals surface area contributed by atoms with Gasteiger partial charge < -0.3 is 5.32 Å². The molecule has 2 N–H and O–H groups in total. The molecule has 0 spiro atoms. The van der Waals surface area contributed by atoms with Crippen molar-refractivity contribution in [2.45, 2.75) is 6.92 Å². The number of benzene rings is 2. The lowest BCUT2D eigenvalue weighted by atomic mass is 10.1. The van der Waals surface area contributed by atoms with E-state index < -0.39 is 17.6 Å². The first-order chi connectivity index (χ1) is 11.9. The van der Waals surface area contributed by atoms with E-state index in [9.17, 15) is 18.8 Å². The standard InChI is InChI=1S/C18H14FN3O3/c1-11(23)20-14-6-2-12(3-7-14)10-16-17(24)21-22(18(16)25)15-8-4-13(19)5-9-15/h2-10H,1H3,(H,20,23)(H,21,24)/b16-10-. The highest BCUT2D eigenvalue weighted by Crippen LogP contribution is 2.22. The van der Waals surface area contributed by atoms with Gasteiger partial charge in [0, 0.05) is 12.6 Å². The van der Waals surface area contributed by atoms with Gasteiger partial charge >= 0.3 is 0 Å². The van der Waals surface area contributed by atoms with Crippen LogP contribution in [0.2, 0.25) is 0 Å². The van der Waals surface area contributed by atoms with Crippen molar-refractivity contribution >= 4 is 35.2 Å². The van der Waals surface area contributed by atoms with Crippen LogP contribution in [-0.4, -0.2) is 17.7 Å². The molecule has 25 heavy (non-hydrogen) atoms. The number of anilines is 2. The molecular formula is C18H14FN3O3. The van der Waals surface area contributed by atoms with E-state index in [4.69, 9.17) is 0 Å². The highest BCUT2D eigenvalue weighted by Gasteiger charge is 2.34. The van der Waals surface area contributed by atoms with Crippen LogP contribution in [0.3, 0.4) is 0 Å². The summed E-state index contributed by atoms with van der Waals surface area (Å²) in [6.07, 6.45) is 1.46. The van der Waals surface area contributed by atoms with E-state index >= 15 is 0 Å². The van der Waals surface area contributed by atoms with Gasteiger partial charge in [-0.25, -0.2) is 9.40 Å². The van der Waals surface area contributed by atoms with Crippen molar-refractivity contribution in [3.63, 3.8) is 0 Å². The van der Waals surface area contributed by atoms with Gasteiger partial charge in [-0.05, 0) is 48.0 Å². The number of carbonyl (C=O) groups excluding carboxylic acids is 3. The van der Waals surface area contributed by atoms with Crippen LogP contribution >= 0.6 is 0 Å². The molecule has 3 amide bonds. The van der Waals surface area contributed by atoms with Gasteiger partial charge in [0.1, 0.15) is 11.4 Å². The maximum Gasteiger partial charge on any atom is 0.282 e. The highest BCUT2D eigenvalue weighted by molar-refractivity contribution is 6.31. The van der Waals surface area contributed by atoms with E-state index in [2.05, 4.69) is 10.7 Å². The molecular weight excluding hydrogens is 325 g/mol. The summed E-state index contributed by atoms with van der Waals surface area (Å²) in [4.78, 5) is 35.5. The molecule has 1 aliphatic heterocycles. The predicted molar refractivity (Wildman–Crippen MR) is 90.8 cm³/mol. The molecule has 6 nitrogen and oxygen atoms in total. The summed E-state index contributed by atoms with van der Waals surface area (Å²) in [6.45, 7) is 1.40. The number of carbonyl (C=O) groups is 3. The lowest BCUT2D eigenvalue weighted by Crippen LogP contribution is -2.35. The van der Waals surface area contributed by atoms with Crippen LogP contribution in [0.1, 0.15) is 12.5 Å². The Balaban J connectivity index is 1.83. The van der Waals surface area contributed by atoms with Gasteiger partial charge in [0.2, 0.25) is 5.91 Å². The van der Waals surface area contributed by atoms with Crippen molar-refractivity contribution in [2.24, 2.45) is 0 Å². The van der Waals surface area contributed by atoms with Crippen LogP contribution in [-0.2, 0) is 14.4 Å². The number of hydrogen-bond donors (Lipinski definition) is 2. The Morgan fingerprint density at radius 2 is 1.72 bits per heavy atom. The third-order valence-electron chi connectivity index (χ3n) is 3.52. The number of amides is 3. The molecule has 1 heterocycles. The molecule has 1 fully saturated rings. The minimum absolute atomic E-state index is 0.0309.